The maximum Gasteiger partial charge on any atom is 0.339 e. The van der Waals surface area contributed by atoms with Crippen molar-refractivity contribution < 1.29 is 18.4 Å². The molecule has 0 spiro atoms. The summed E-state index contributed by atoms with van der Waals surface area (Å²) >= 11 is 0. The lowest BCUT2D eigenvalue weighted by molar-refractivity contribution is -0.166. The van der Waals surface area contributed by atoms with Gasteiger partial charge in [-0.25, -0.2) is 9.80 Å². The maximum absolute atomic E-state index is 12.7. The lowest BCUT2D eigenvalue weighted by atomic mass is 10.0. The number of carbonyl (C=O) groups is 2. The molecule has 1 rings (SSSR count). The second kappa shape index (κ2) is 14.3. The molecule has 0 aliphatic carbocycles. The van der Waals surface area contributed by atoms with Gasteiger partial charge < -0.3 is 21.1 Å². The summed E-state index contributed by atoms with van der Waals surface area (Å²) in [5.74, 6) is -2.69. The summed E-state index contributed by atoms with van der Waals surface area (Å²) in [7, 11) is 0. The van der Waals surface area contributed by atoms with E-state index in [1.807, 2.05) is 0 Å². The Kier molecular flexibility index (Phi) is 11.6. The van der Waals surface area contributed by atoms with Crippen LogP contribution in [0.5, 0.6) is 0 Å². The predicted molar refractivity (Wildman–Crippen MR) is 119 cm³/mol. The van der Waals surface area contributed by atoms with Crippen LogP contribution in [0.25, 0.3) is 0 Å². The molecular formula is C18H36Cl2N6O3. The van der Waals surface area contributed by atoms with Gasteiger partial charge in [-0.3, -0.25) is 10.2 Å². The third-order valence-corrected chi connectivity index (χ3v) is 4.46. The zero-order chi connectivity index (χ0) is 22.9. The molecule has 1 aliphatic heterocycles. The Morgan fingerprint density at radius 2 is 1.59 bits per heavy atom. The molecule has 0 atom stereocenters. The Balaban J connectivity index is 0. The number of guanidine groups is 2. The highest BCUT2D eigenvalue weighted by molar-refractivity contribution is 5.93. The van der Waals surface area contributed by atoms with Crippen LogP contribution in [-0.4, -0.2) is 52.8 Å². The molecule has 170 valence electrons. The van der Waals surface area contributed by atoms with Crippen molar-refractivity contribution in [2.45, 2.75) is 77.2 Å². The summed E-state index contributed by atoms with van der Waals surface area (Å²) in [6.07, 6.45) is 7.09. The molecule has 1 heterocycles. The van der Waals surface area contributed by atoms with Gasteiger partial charge >= 0.3 is 11.9 Å². The van der Waals surface area contributed by atoms with Crippen LogP contribution in [0.1, 0.15) is 75.7 Å². The fourth-order valence-corrected chi connectivity index (χ4v) is 2.68. The number of nitrogens with two attached hydrogens (primary N) is 2. The number of esters is 2. The third kappa shape index (κ3) is 10.0. The van der Waals surface area contributed by atoms with E-state index in [4.69, 9.17) is 25.7 Å². The van der Waals surface area contributed by atoms with Crippen molar-refractivity contribution in [2.75, 3.05) is 13.5 Å². The van der Waals surface area contributed by atoms with Gasteiger partial charge in [-0.05, 0) is 26.7 Å². The summed E-state index contributed by atoms with van der Waals surface area (Å²) in [5, 5.41) is 13.4. The Morgan fingerprint density at radius 1 is 1.07 bits per heavy atom. The first kappa shape index (κ1) is 23.5. The molecule has 11 heteroatoms. The number of hydrogen-bond acceptors (Lipinski definition) is 5. The number of carbonyl (C=O) groups excluding carboxylic acids is 2. The number of halogens is 2. The van der Waals surface area contributed by atoms with Crippen LogP contribution in [0.2, 0.25) is 0 Å². The van der Waals surface area contributed by atoms with Gasteiger partial charge in [0, 0.05) is 24.1 Å². The van der Waals surface area contributed by atoms with Gasteiger partial charge in [-0.1, -0.05) is 38.5 Å². The summed E-state index contributed by atoms with van der Waals surface area (Å²) in [6, 6.07) is 0. The molecule has 0 aromatic heterocycles. The molecule has 1 aliphatic rings. The predicted octanol–water partition coefficient (Wildman–Crippen LogP) is 2.56. The molecule has 0 amide bonds. The van der Waals surface area contributed by atoms with E-state index in [0.717, 1.165) is 43.5 Å². The minimum absolute atomic E-state index is 0. The molecule has 5 N–H and O–H groups in total. The van der Waals surface area contributed by atoms with Crippen LogP contribution in [0.15, 0.2) is 5.10 Å². The van der Waals surface area contributed by atoms with Crippen molar-refractivity contribution >= 4 is 48.7 Å². The Morgan fingerprint density at radius 3 is 2.10 bits per heavy atom. The van der Waals surface area contributed by atoms with Crippen LogP contribution >= 0.6 is 24.8 Å². The molecule has 29 heavy (non-hydrogen) atoms. The van der Waals surface area contributed by atoms with Crippen LogP contribution in [0, 0.1) is 5.41 Å². The Labute approximate surface area is 190 Å². The molecule has 0 bridgehead atoms. The van der Waals surface area contributed by atoms with Crippen molar-refractivity contribution in [3.8, 4) is 0 Å². The van der Waals surface area contributed by atoms with E-state index < -0.39 is 30.4 Å². The number of cyclic esters (lactones) is 2. The highest BCUT2D eigenvalue weighted by Gasteiger charge is 2.38. The molecule has 0 aromatic carbocycles. The number of hydrogen-bond donors (Lipinski definition) is 3. The van der Waals surface area contributed by atoms with Crippen molar-refractivity contribution in [3.05, 3.63) is 0 Å². The smallest absolute Gasteiger partial charge is 0.339 e. The van der Waals surface area contributed by atoms with Gasteiger partial charge in [0.2, 0.25) is 11.9 Å². The summed E-state index contributed by atoms with van der Waals surface area (Å²) < 4.78 is 28.5. The highest BCUT2D eigenvalue weighted by atomic mass is 35.5. The van der Waals surface area contributed by atoms with Crippen LogP contribution in [-0.2, 0) is 14.3 Å². The minimum atomic E-state index is -2.89. The number of nitrogens with zero attached hydrogens (tertiary/aromatic N) is 3. The van der Waals surface area contributed by atoms with E-state index in [0.29, 0.717) is 17.7 Å². The van der Waals surface area contributed by atoms with Crippen molar-refractivity contribution in [1.29, 1.82) is 5.41 Å². The van der Waals surface area contributed by atoms with Crippen molar-refractivity contribution in [2.24, 2.45) is 16.6 Å². The van der Waals surface area contributed by atoms with E-state index in [1.54, 1.807) is 0 Å². The lowest BCUT2D eigenvalue weighted by Crippen LogP contribution is -2.55. The number of ether oxygens (including phenoxy) is 1. The normalized spacial score (nSPS) is 21.9. The van der Waals surface area contributed by atoms with Gasteiger partial charge in [0.25, 0.3) is 0 Å². The first-order valence-corrected chi connectivity index (χ1v) is 9.38. The first-order chi connectivity index (χ1) is 13.9. The van der Waals surface area contributed by atoms with E-state index in [9.17, 15) is 9.59 Å². The van der Waals surface area contributed by atoms with E-state index in [2.05, 4.69) is 5.10 Å². The van der Waals surface area contributed by atoms with Crippen LogP contribution in [0.4, 0.5) is 0 Å². The molecule has 1 fully saturated rings. The maximum atomic E-state index is 12.7. The van der Waals surface area contributed by atoms with Gasteiger partial charge in [-0.15, -0.1) is 29.9 Å². The molecule has 0 aromatic rings. The topological polar surface area (TPSA) is 138 Å². The Bertz CT molecular complexity index is 658. The molecular weight excluding hydrogens is 419 g/mol. The fourth-order valence-electron chi connectivity index (χ4n) is 2.68. The van der Waals surface area contributed by atoms with Crippen LogP contribution < -0.4 is 11.5 Å². The van der Waals surface area contributed by atoms with Crippen molar-refractivity contribution in [1.82, 2.24) is 9.91 Å². The van der Waals surface area contributed by atoms with E-state index in [1.165, 1.54) is 13.8 Å². The van der Waals surface area contributed by atoms with Crippen LogP contribution in [0.3, 0.4) is 0 Å². The zero-order valence-electron chi connectivity index (χ0n) is 20.1. The second-order valence-electron chi connectivity index (χ2n) is 7.21. The minimum Gasteiger partial charge on any atom is -0.391 e. The van der Waals surface area contributed by atoms with Gasteiger partial charge in [0.1, 0.15) is 5.54 Å². The number of hydrazone groups is 1. The number of nitrogens with one attached hydrogen (secondary N) is 1. The first-order valence-electron chi connectivity index (χ1n) is 10.9. The Hall–Kier alpha value is -1.74. The second-order valence-corrected chi connectivity index (χ2v) is 7.21. The summed E-state index contributed by atoms with van der Waals surface area (Å²) in [6.45, 7) is -0.118. The van der Waals surface area contributed by atoms with Gasteiger partial charge in [0.05, 0.1) is 0 Å². The largest absolute Gasteiger partial charge is 0.391 e. The average Bonchev–Trinajstić information content (AvgIpc) is 2.59. The average molecular weight is 458 g/mol. The highest BCUT2D eigenvalue weighted by Crippen LogP contribution is 2.19. The molecule has 0 saturated carbocycles. The monoisotopic (exact) mass is 457 g/mol. The van der Waals surface area contributed by atoms with E-state index >= 15 is 0 Å². The number of rotatable bonds is 1. The van der Waals surface area contributed by atoms with E-state index in [-0.39, 0.29) is 43.7 Å². The molecule has 9 nitrogen and oxygen atoms in total. The zero-order valence-corrected chi connectivity index (χ0v) is 18.7. The molecule has 1 saturated heterocycles. The van der Waals surface area contributed by atoms with Crippen molar-refractivity contribution in [3.63, 3.8) is 0 Å². The molecule has 0 radical (unpaired) electrons. The SMILES string of the molecule is Cl.Cl.[2H]C([2H])([2H])N1C(=N)N(N=C(N)N)CCCCCCCCCCC(=O)OC(=O)C1(C)C. The van der Waals surface area contributed by atoms with Gasteiger partial charge in [0.15, 0.2) is 0 Å². The quantitative estimate of drug-likeness (QED) is 0.238. The summed E-state index contributed by atoms with van der Waals surface area (Å²) in [4.78, 5) is 25.3. The molecule has 0 unspecified atom stereocenters. The lowest BCUT2D eigenvalue weighted by Gasteiger charge is -2.37. The number of likely N-dealkylation sites (N-methyl/N-ethyl adjacent to an activating group) is 1. The summed E-state index contributed by atoms with van der Waals surface area (Å²) in [5.41, 5.74) is 9.08. The standard InChI is InChI=1S/C18H34N6O3.2ClH/c1-18(2)15(26)27-14(25)12-10-8-6-4-5-7-9-11-13-24(22-16(19)20)17(21)23(18)3;;/h21H,4-13H2,1-3H3,(H4,19,20,22);2*1H/i3D3;;. The third-order valence-electron chi connectivity index (χ3n) is 4.46. The van der Waals surface area contributed by atoms with Gasteiger partial charge in [-0.2, -0.15) is 0 Å². The fraction of sp³-hybridized carbons (Fsp3) is 0.778.